The van der Waals surface area contributed by atoms with Crippen LogP contribution in [0, 0.1) is 11.3 Å². The molecule has 5 nitrogen and oxygen atoms in total. The second-order valence-corrected chi connectivity index (χ2v) is 3.62. The third-order valence-corrected chi connectivity index (χ3v) is 2.36. The smallest absolute Gasteiger partial charge is 0.140 e. The van der Waals surface area contributed by atoms with Crippen molar-refractivity contribution in [3.05, 3.63) is 53.7 Å². The van der Waals surface area contributed by atoms with E-state index in [2.05, 4.69) is 16.5 Å². The van der Waals surface area contributed by atoms with Gasteiger partial charge in [0, 0.05) is 6.20 Å². The Morgan fingerprint density at radius 1 is 1.28 bits per heavy atom. The van der Waals surface area contributed by atoms with Gasteiger partial charge in [-0.2, -0.15) is 5.26 Å². The lowest BCUT2D eigenvalue weighted by atomic mass is 10.2. The van der Waals surface area contributed by atoms with Crippen molar-refractivity contribution in [1.82, 2.24) is 4.98 Å². The lowest BCUT2D eigenvalue weighted by Gasteiger charge is -2.07. The van der Waals surface area contributed by atoms with Crippen LogP contribution in [-0.4, -0.2) is 4.98 Å². The first-order chi connectivity index (χ1) is 8.81. The standard InChI is InChI=1S/C13H12N4O/c14-8-10-1-3-12(4-2-10)18-9-11-5-6-16-13(7-11)17-15/h1-7H,9,15H2,(H,16,17). The molecule has 90 valence electrons. The van der Waals surface area contributed by atoms with E-state index in [-0.39, 0.29) is 0 Å². The quantitative estimate of drug-likeness (QED) is 0.629. The molecule has 0 amide bonds. The molecule has 2 rings (SSSR count). The normalized spacial score (nSPS) is 9.56. The van der Waals surface area contributed by atoms with Crippen LogP contribution in [0.3, 0.4) is 0 Å². The van der Waals surface area contributed by atoms with E-state index in [4.69, 9.17) is 15.8 Å². The molecule has 3 N–H and O–H groups in total. The molecule has 0 aliphatic heterocycles. The number of rotatable bonds is 4. The summed E-state index contributed by atoms with van der Waals surface area (Å²) in [6.45, 7) is 0.420. The van der Waals surface area contributed by atoms with E-state index >= 15 is 0 Å². The minimum absolute atomic E-state index is 0.420. The van der Waals surface area contributed by atoms with Crippen molar-refractivity contribution in [2.75, 3.05) is 5.43 Å². The summed E-state index contributed by atoms with van der Waals surface area (Å²) in [5.74, 6) is 6.58. The lowest BCUT2D eigenvalue weighted by molar-refractivity contribution is 0.306. The number of ether oxygens (including phenoxy) is 1. The highest BCUT2D eigenvalue weighted by Gasteiger charge is 1.98. The zero-order valence-electron chi connectivity index (χ0n) is 9.63. The fourth-order valence-corrected chi connectivity index (χ4v) is 1.44. The highest BCUT2D eigenvalue weighted by atomic mass is 16.5. The molecule has 2 aromatic rings. The van der Waals surface area contributed by atoms with Crippen LogP contribution in [0.15, 0.2) is 42.6 Å². The summed E-state index contributed by atoms with van der Waals surface area (Å²) in [6, 6.07) is 12.7. The van der Waals surface area contributed by atoms with E-state index in [1.54, 1.807) is 30.5 Å². The number of nitrogens with two attached hydrogens (primary N) is 1. The third-order valence-electron chi connectivity index (χ3n) is 2.36. The predicted octanol–water partition coefficient (Wildman–Crippen LogP) is 1.82. The molecule has 18 heavy (non-hydrogen) atoms. The number of benzene rings is 1. The van der Waals surface area contributed by atoms with Gasteiger partial charge in [-0.25, -0.2) is 10.8 Å². The van der Waals surface area contributed by atoms with Crippen LogP contribution >= 0.6 is 0 Å². The van der Waals surface area contributed by atoms with Crippen molar-refractivity contribution >= 4 is 5.82 Å². The molecule has 0 atom stereocenters. The molecule has 0 saturated heterocycles. The van der Waals surface area contributed by atoms with Crippen molar-refractivity contribution in [3.63, 3.8) is 0 Å². The Hall–Kier alpha value is -2.58. The largest absolute Gasteiger partial charge is 0.489 e. The van der Waals surface area contributed by atoms with Gasteiger partial charge in [0.15, 0.2) is 0 Å². The number of nitriles is 1. The minimum Gasteiger partial charge on any atom is -0.489 e. The maximum atomic E-state index is 8.68. The topological polar surface area (TPSA) is 84.0 Å². The van der Waals surface area contributed by atoms with Gasteiger partial charge in [-0.15, -0.1) is 0 Å². The van der Waals surface area contributed by atoms with Crippen molar-refractivity contribution in [1.29, 1.82) is 5.26 Å². The second-order valence-electron chi connectivity index (χ2n) is 3.62. The van der Waals surface area contributed by atoms with E-state index in [1.165, 1.54) is 0 Å². The molecule has 0 aliphatic carbocycles. The minimum atomic E-state index is 0.420. The van der Waals surface area contributed by atoms with Crippen molar-refractivity contribution in [3.8, 4) is 11.8 Å². The summed E-state index contributed by atoms with van der Waals surface area (Å²) >= 11 is 0. The fraction of sp³-hybridized carbons (Fsp3) is 0.0769. The molecule has 0 saturated carbocycles. The summed E-state index contributed by atoms with van der Waals surface area (Å²) in [5.41, 5.74) is 4.05. The van der Waals surface area contributed by atoms with Crippen molar-refractivity contribution < 1.29 is 4.74 Å². The van der Waals surface area contributed by atoms with E-state index in [9.17, 15) is 0 Å². The van der Waals surface area contributed by atoms with E-state index < -0.39 is 0 Å². The SMILES string of the molecule is N#Cc1ccc(OCc2ccnc(NN)c2)cc1. The summed E-state index contributed by atoms with van der Waals surface area (Å²) in [7, 11) is 0. The van der Waals surface area contributed by atoms with Gasteiger partial charge in [0.05, 0.1) is 11.6 Å². The molecule has 0 aliphatic rings. The van der Waals surface area contributed by atoms with Gasteiger partial charge in [-0.1, -0.05) is 0 Å². The molecular weight excluding hydrogens is 228 g/mol. The van der Waals surface area contributed by atoms with Crippen molar-refractivity contribution in [2.24, 2.45) is 5.84 Å². The van der Waals surface area contributed by atoms with Crippen LogP contribution in [-0.2, 0) is 6.61 Å². The van der Waals surface area contributed by atoms with Crippen LogP contribution in [0.4, 0.5) is 5.82 Å². The Bertz CT molecular complexity index is 560. The van der Waals surface area contributed by atoms with Gasteiger partial charge < -0.3 is 10.2 Å². The highest BCUT2D eigenvalue weighted by molar-refractivity contribution is 5.37. The number of pyridine rings is 1. The molecule has 0 spiro atoms. The van der Waals surface area contributed by atoms with E-state index in [0.29, 0.717) is 23.7 Å². The zero-order valence-corrected chi connectivity index (χ0v) is 9.63. The Balaban J connectivity index is 2.00. The van der Waals surface area contributed by atoms with Gasteiger partial charge in [0.1, 0.15) is 18.2 Å². The maximum absolute atomic E-state index is 8.68. The van der Waals surface area contributed by atoms with Crippen molar-refractivity contribution in [2.45, 2.75) is 6.61 Å². The Kier molecular flexibility index (Phi) is 3.74. The Morgan fingerprint density at radius 2 is 2.06 bits per heavy atom. The number of nitrogens with one attached hydrogen (secondary N) is 1. The number of hydrogen-bond donors (Lipinski definition) is 2. The van der Waals surface area contributed by atoms with Gasteiger partial charge in [-0.05, 0) is 42.0 Å². The first-order valence-electron chi connectivity index (χ1n) is 5.36. The monoisotopic (exact) mass is 240 g/mol. The third kappa shape index (κ3) is 2.97. The Labute approximate surface area is 105 Å². The second kappa shape index (κ2) is 5.66. The highest BCUT2D eigenvalue weighted by Crippen LogP contribution is 2.14. The first kappa shape index (κ1) is 11.9. The van der Waals surface area contributed by atoms with Gasteiger partial charge >= 0.3 is 0 Å². The molecule has 1 heterocycles. The maximum Gasteiger partial charge on any atom is 0.140 e. The first-order valence-corrected chi connectivity index (χ1v) is 5.36. The number of aromatic nitrogens is 1. The van der Waals surface area contributed by atoms with E-state index in [1.807, 2.05) is 12.1 Å². The number of hydrogen-bond acceptors (Lipinski definition) is 5. The molecule has 5 heteroatoms. The average Bonchev–Trinajstić information content (AvgIpc) is 2.46. The van der Waals surface area contributed by atoms with Crippen LogP contribution in [0.2, 0.25) is 0 Å². The lowest BCUT2D eigenvalue weighted by Crippen LogP contribution is -2.09. The van der Waals surface area contributed by atoms with Gasteiger partial charge in [0.25, 0.3) is 0 Å². The number of nitrogen functional groups attached to an aromatic ring is 1. The number of hydrazine groups is 1. The van der Waals surface area contributed by atoms with Gasteiger partial charge in [0.2, 0.25) is 0 Å². The van der Waals surface area contributed by atoms with Crippen LogP contribution < -0.4 is 16.0 Å². The van der Waals surface area contributed by atoms with Crippen LogP contribution in [0.5, 0.6) is 5.75 Å². The van der Waals surface area contributed by atoms with Crippen LogP contribution in [0.1, 0.15) is 11.1 Å². The molecule has 0 radical (unpaired) electrons. The zero-order chi connectivity index (χ0) is 12.8. The molecular formula is C13H12N4O. The molecule has 0 fully saturated rings. The summed E-state index contributed by atoms with van der Waals surface area (Å²) in [4.78, 5) is 4.01. The molecule has 0 unspecified atom stereocenters. The summed E-state index contributed by atoms with van der Waals surface area (Å²) < 4.78 is 5.59. The molecule has 1 aromatic heterocycles. The number of anilines is 1. The van der Waals surface area contributed by atoms with E-state index in [0.717, 1.165) is 5.56 Å². The fourth-order valence-electron chi connectivity index (χ4n) is 1.44. The summed E-state index contributed by atoms with van der Waals surface area (Å²) in [5, 5.41) is 8.68. The number of nitrogens with zero attached hydrogens (tertiary/aromatic N) is 2. The average molecular weight is 240 g/mol. The summed E-state index contributed by atoms with van der Waals surface area (Å²) in [6.07, 6.45) is 1.66. The molecule has 1 aromatic carbocycles. The Morgan fingerprint density at radius 3 is 2.72 bits per heavy atom. The van der Waals surface area contributed by atoms with Gasteiger partial charge in [-0.3, -0.25) is 0 Å². The predicted molar refractivity (Wildman–Crippen MR) is 67.5 cm³/mol. The van der Waals surface area contributed by atoms with Crippen LogP contribution in [0.25, 0.3) is 0 Å². The molecule has 0 bridgehead atoms.